The zero-order valence-electron chi connectivity index (χ0n) is 9.66. The van der Waals surface area contributed by atoms with Crippen molar-refractivity contribution < 1.29 is 9.59 Å². The van der Waals surface area contributed by atoms with Gasteiger partial charge in [0.2, 0.25) is 5.91 Å². The Bertz CT molecular complexity index is 404. The number of nitrogens with zero attached hydrogens (tertiary/aromatic N) is 1. The molecule has 0 heterocycles. The van der Waals surface area contributed by atoms with E-state index >= 15 is 0 Å². The molecule has 1 aromatic rings. The minimum absolute atomic E-state index is 0.0387. The smallest absolute Gasteiger partial charge is 0.317 e. The molecule has 0 radical (unpaired) electrons. The Labute approximate surface area is 114 Å². The van der Waals surface area contributed by atoms with Gasteiger partial charge in [0, 0.05) is 23.4 Å². The monoisotopic (exact) mass is 347 g/mol. The molecule has 0 spiro atoms. The van der Waals surface area contributed by atoms with Crippen molar-refractivity contribution in [2.45, 2.75) is 0 Å². The zero-order chi connectivity index (χ0) is 12.8. The van der Waals surface area contributed by atoms with E-state index in [1.807, 2.05) is 24.3 Å². The van der Waals surface area contributed by atoms with Crippen LogP contribution in [0.5, 0.6) is 0 Å². The summed E-state index contributed by atoms with van der Waals surface area (Å²) < 4.78 is 1.10. The van der Waals surface area contributed by atoms with Crippen molar-refractivity contribution in [2.24, 2.45) is 0 Å². The van der Waals surface area contributed by atoms with E-state index in [1.165, 1.54) is 4.90 Å². The SMILES string of the molecule is CN(C)C(=O)NCC(=O)Nc1ccc(I)cc1. The van der Waals surface area contributed by atoms with Crippen LogP contribution in [0.3, 0.4) is 0 Å². The van der Waals surface area contributed by atoms with Crippen LogP contribution in [0.4, 0.5) is 10.5 Å². The lowest BCUT2D eigenvalue weighted by atomic mass is 10.3. The molecule has 5 nitrogen and oxygen atoms in total. The maximum Gasteiger partial charge on any atom is 0.317 e. The third-order valence-corrected chi connectivity index (χ3v) is 2.65. The molecule has 0 aromatic heterocycles. The molecule has 1 rings (SSSR count). The highest BCUT2D eigenvalue weighted by Gasteiger charge is 2.06. The highest BCUT2D eigenvalue weighted by molar-refractivity contribution is 14.1. The number of anilines is 1. The maximum absolute atomic E-state index is 11.5. The lowest BCUT2D eigenvalue weighted by Crippen LogP contribution is -2.39. The summed E-state index contributed by atoms with van der Waals surface area (Å²) in [4.78, 5) is 24.0. The third kappa shape index (κ3) is 5.03. The predicted octanol–water partition coefficient (Wildman–Crippen LogP) is 1.50. The fraction of sp³-hybridized carbons (Fsp3) is 0.273. The topological polar surface area (TPSA) is 61.4 Å². The number of amides is 3. The van der Waals surface area contributed by atoms with E-state index in [2.05, 4.69) is 33.2 Å². The van der Waals surface area contributed by atoms with Crippen molar-refractivity contribution in [3.05, 3.63) is 27.8 Å². The fourth-order valence-electron chi connectivity index (χ4n) is 1.05. The molecule has 3 amide bonds. The first-order valence-corrected chi connectivity index (χ1v) is 6.07. The van der Waals surface area contributed by atoms with Crippen LogP contribution < -0.4 is 10.6 Å². The van der Waals surface area contributed by atoms with Crippen LogP contribution in [0.1, 0.15) is 0 Å². The minimum atomic E-state index is -0.289. The molecule has 0 aliphatic carbocycles. The van der Waals surface area contributed by atoms with Crippen LogP contribution in [0, 0.1) is 3.57 Å². The summed E-state index contributed by atoms with van der Waals surface area (Å²) >= 11 is 2.19. The summed E-state index contributed by atoms with van der Waals surface area (Å²) in [6.07, 6.45) is 0. The molecule has 0 bridgehead atoms. The lowest BCUT2D eigenvalue weighted by molar-refractivity contribution is -0.115. The largest absolute Gasteiger partial charge is 0.331 e. The standard InChI is InChI=1S/C11H14IN3O2/c1-15(2)11(17)13-7-10(16)14-9-5-3-8(12)4-6-9/h3-6H,7H2,1-2H3,(H,13,17)(H,14,16). The van der Waals surface area contributed by atoms with Gasteiger partial charge in [-0.05, 0) is 46.9 Å². The van der Waals surface area contributed by atoms with Gasteiger partial charge in [0.25, 0.3) is 0 Å². The Hall–Kier alpha value is -1.31. The van der Waals surface area contributed by atoms with Crippen LogP contribution in [-0.2, 0) is 4.79 Å². The highest BCUT2D eigenvalue weighted by atomic mass is 127. The second kappa shape index (κ2) is 6.43. The molecule has 0 aliphatic rings. The number of hydrogen-bond donors (Lipinski definition) is 2. The molecule has 0 saturated carbocycles. The Morgan fingerprint density at radius 3 is 2.35 bits per heavy atom. The molecule has 0 aliphatic heterocycles. The molecule has 0 fully saturated rings. The number of benzene rings is 1. The Morgan fingerprint density at radius 1 is 1.24 bits per heavy atom. The number of carbonyl (C=O) groups excluding carboxylic acids is 2. The number of rotatable bonds is 3. The number of urea groups is 1. The fourth-order valence-corrected chi connectivity index (χ4v) is 1.41. The first-order chi connectivity index (χ1) is 7.99. The molecule has 17 heavy (non-hydrogen) atoms. The van der Waals surface area contributed by atoms with Gasteiger partial charge in [0.15, 0.2) is 0 Å². The third-order valence-electron chi connectivity index (χ3n) is 1.93. The van der Waals surface area contributed by atoms with Crippen molar-refractivity contribution in [1.29, 1.82) is 0 Å². The first kappa shape index (κ1) is 13.8. The van der Waals surface area contributed by atoms with Gasteiger partial charge < -0.3 is 15.5 Å². The summed E-state index contributed by atoms with van der Waals surface area (Å²) in [6, 6.07) is 7.13. The van der Waals surface area contributed by atoms with Crippen LogP contribution >= 0.6 is 22.6 Å². The van der Waals surface area contributed by atoms with E-state index in [9.17, 15) is 9.59 Å². The average Bonchev–Trinajstić information content (AvgIpc) is 2.29. The van der Waals surface area contributed by atoms with Crippen LogP contribution in [0.2, 0.25) is 0 Å². The van der Waals surface area contributed by atoms with Crippen LogP contribution in [0.25, 0.3) is 0 Å². The number of carbonyl (C=O) groups is 2. The molecule has 1 aromatic carbocycles. The van der Waals surface area contributed by atoms with Gasteiger partial charge in [-0.25, -0.2) is 4.79 Å². The van der Waals surface area contributed by atoms with E-state index in [0.717, 1.165) is 9.26 Å². The normalized spacial score (nSPS) is 9.59. The molecule has 6 heteroatoms. The molecule has 0 saturated heterocycles. The van der Waals surface area contributed by atoms with Gasteiger partial charge in [0.05, 0.1) is 6.54 Å². The van der Waals surface area contributed by atoms with Crippen molar-refractivity contribution in [2.75, 3.05) is 26.0 Å². The molecule has 92 valence electrons. The summed E-state index contributed by atoms with van der Waals surface area (Å²) in [7, 11) is 3.23. The van der Waals surface area contributed by atoms with Gasteiger partial charge in [-0.1, -0.05) is 0 Å². The second-order valence-corrected chi connectivity index (χ2v) is 4.85. The molecule has 0 unspecified atom stereocenters. The van der Waals surface area contributed by atoms with Crippen molar-refractivity contribution in [3.8, 4) is 0 Å². The van der Waals surface area contributed by atoms with E-state index < -0.39 is 0 Å². The first-order valence-electron chi connectivity index (χ1n) is 4.99. The number of nitrogens with one attached hydrogen (secondary N) is 2. The van der Waals surface area contributed by atoms with Gasteiger partial charge in [0.1, 0.15) is 0 Å². The van der Waals surface area contributed by atoms with Gasteiger partial charge in [-0.3, -0.25) is 4.79 Å². The second-order valence-electron chi connectivity index (χ2n) is 3.61. The number of halogens is 1. The highest BCUT2D eigenvalue weighted by Crippen LogP contribution is 2.10. The maximum atomic E-state index is 11.5. The van der Waals surface area contributed by atoms with E-state index in [4.69, 9.17) is 0 Å². The number of hydrogen-bond acceptors (Lipinski definition) is 2. The molecular formula is C11H14IN3O2. The van der Waals surface area contributed by atoms with Crippen molar-refractivity contribution in [1.82, 2.24) is 10.2 Å². The molecule has 2 N–H and O–H groups in total. The quantitative estimate of drug-likeness (QED) is 0.815. The minimum Gasteiger partial charge on any atom is -0.331 e. The van der Waals surface area contributed by atoms with Crippen LogP contribution in [-0.4, -0.2) is 37.5 Å². The van der Waals surface area contributed by atoms with Gasteiger partial charge in [-0.2, -0.15) is 0 Å². The summed E-state index contributed by atoms with van der Waals surface area (Å²) in [5.74, 6) is -0.249. The molecule has 0 atom stereocenters. The summed E-state index contributed by atoms with van der Waals surface area (Å²) in [6.45, 7) is -0.0387. The Morgan fingerprint density at radius 2 is 1.82 bits per heavy atom. The Kier molecular flexibility index (Phi) is 5.20. The summed E-state index contributed by atoms with van der Waals surface area (Å²) in [5.41, 5.74) is 0.717. The molecular weight excluding hydrogens is 333 g/mol. The van der Waals surface area contributed by atoms with Gasteiger partial charge >= 0.3 is 6.03 Å². The Balaban J connectivity index is 2.40. The van der Waals surface area contributed by atoms with E-state index in [1.54, 1.807) is 14.1 Å². The predicted molar refractivity (Wildman–Crippen MR) is 74.9 cm³/mol. The van der Waals surface area contributed by atoms with E-state index in [-0.39, 0.29) is 18.5 Å². The average molecular weight is 347 g/mol. The zero-order valence-corrected chi connectivity index (χ0v) is 11.8. The van der Waals surface area contributed by atoms with E-state index in [0.29, 0.717) is 0 Å². The summed E-state index contributed by atoms with van der Waals surface area (Å²) in [5, 5.41) is 5.17. The van der Waals surface area contributed by atoms with Crippen LogP contribution in [0.15, 0.2) is 24.3 Å². The van der Waals surface area contributed by atoms with Gasteiger partial charge in [-0.15, -0.1) is 0 Å². The van der Waals surface area contributed by atoms with Crippen molar-refractivity contribution in [3.63, 3.8) is 0 Å². The van der Waals surface area contributed by atoms with Crippen molar-refractivity contribution >= 4 is 40.2 Å². The lowest BCUT2D eigenvalue weighted by Gasteiger charge is -2.11.